The van der Waals surface area contributed by atoms with Gasteiger partial charge in [-0.25, -0.2) is 0 Å². The summed E-state index contributed by atoms with van der Waals surface area (Å²) < 4.78 is 57.7. The summed E-state index contributed by atoms with van der Waals surface area (Å²) in [6.45, 7) is 2.31. The van der Waals surface area contributed by atoms with Crippen molar-refractivity contribution in [2.45, 2.75) is 5.51 Å². The summed E-state index contributed by atoms with van der Waals surface area (Å²) in [5.74, 6) is 0. The smallest absolute Gasteiger partial charge is 0.259 e. The Morgan fingerprint density at radius 2 is 1.91 bits per heavy atom. The minimum Gasteiger partial charge on any atom is -0.259 e. The van der Waals surface area contributed by atoms with Gasteiger partial charge in [0.25, 0.3) is 0 Å². The van der Waals surface area contributed by atoms with Crippen LogP contribution in [0.4, 0.5) is 13.2 Å². The zero-order valence-electron chi connectivity index (χ0n) is 5.26. The van der Waals surface area contributed by atoms with Crippen molar-refractivity contribution in [1.29, 1.82) is 0 Å². The molecule has 66 valence electrons. The largest absolute Gasteiger partial charge is 0.523 e. The quantitative estimate of drug-likeness (QED) is 0.379. The molecule has 0 aliphatic carbocycles. The number of rotatable bonds is 3. The molecule has 0 fully saturated rings. The van der Waals surface area contributed by atoms with Gasteiger partial charge in [0.15, 0.2) is 0 Å². The van der Waals surface area contributed by atoms with Gasteiger partial charge in [0.2, 0.25) is 0 Å². The molecule has 3 nitrogen and oxygen atoms in total. The molecule has 0 saturated carbocycles. The van der Waals surface area contributed by atoms with Crippen LogP contribution in [0, 0.1) is 0 Å². The molecule has 0 saturated heterocycles. The fourth-order valence-electron chi connectivity index (χ4n) is 0.205. The van der Waals surface area contributed by atoms with Crippen LogP contribution in [-0.4, -0.2) is 20.5 Å². The van der Waals surface area contributed by atoms with Crippen LogP contribution in [0.1, 0.15) is 0 Å². The van der Waals surface area contributed by atoms with Gasteiger partial charge in [0, 0.05) is 0 Å². The Morgan fingerprint density at radius 1 is 1.45 bits per heavy atom. The number of hydrogen-bond acceptors (Lipinski definition) is 3. The third-order valence-corrected chi connectivity index (χ3v) is 1.64. The number of alkyl halides is 3. The molecule has 0 amide bonds. The fraction of sp³-hybridized carbons (Fsp3) is 0.500. The van der Waals surface area contributed by atoms with Gasteiger partial charge in [-0.1, -0.05) is 6.08 Å². The van der Waals surface area contributed by atoms with Gasteiger partial charge in [-0.3, -0.25) is 4.18 Å². The van der Waals surface area contributed by atoms with Crippen molar-refractivity contribution < 1.29 is 25.8 Å². The zero-order valence-corrected chi connectivity index (χ0v) is 6.07. The van der Waals surface area contributed by atoms with Crippen molar-refractivity contribution >= 4 is 10.1 Å². The van der Waals surface area contributed by atoms with Crippen LogP contribution in [0.2, 0.25) is 0 Å². The van der Waals surface area contributed by atoms with E-state index in [0.29, 0.717) is 0 Å². The molecule has 7 heteroatoms. The monoisotopic (exact) mass is 190 g/mol. The van der Waals surface area contributed by atoms with Gasteiger partial charge in [-0.05, 0) is 0 Å². The Morgan fingerprint density at radius 3 is 2.18 bits per heavy atom. The van der Waals surface area contributed by atoms with Gasteiger partial charge in [-0.15, -0.1) is 6.58 Å². The molecule has 0 radical (unpaired) electrons. The van der Waals surface area contributed by atoms with Gasteiger partial charge in [-0.2, -0.15) is 21.6 Å². The van der Waals surface area contributed by atoms with E-state index in [1.165, 1.54) is 0 Å². The maximum absolute atomic E-state index is 11.4. The van der Waals surface area contributed by atoms with E-state index in [0.717, 1.165) is 6.08 Å². The third kappa shape index (κ3) is 2.89. The Bertz CT molecular complexity index is 227. The second-order valence-corrected chi connectivity index (χ2v) is 3.08. The summed E-state index contributed by atoms with van der Waals surface area (Å²) >= 11 is 0. The van der Waals surface area contributed by atoms with Gasteiger partial charge >= 0.3 is 15.6 Å². The van der Waals surface area contributed by atoms with Gasteiger partial charge < -0.3 is 0 Å². The van der Waals surface area contributed by atoms with E-state index in [-0.39, 0.29) is 0 Å². The lowest BCUT2D eigenvalue weighted by molar-refractivity contribution is -0.0535. The zero-order chi connectivity index (χ0) is 9.12. The normalized spacial score (nSPS) is 13.0. The molecule has 0 atom stereocenters. The van der Waals surface area contributed by atoms with Gasteiger partial charge in [0.05, 0.1) is 6.61 Å². The van der Waals surface area contributed by atoms with Crippen LogP contribution in [-0.2, 0) is 14.3 Å². The molecule has 11 heavy (non-hydrogen) atoms. The molecule has 0 rings (SSSR count). The van der Waals surface area contributed by atoms with E-state index in [9.17, 15) is 21.6 Å². The minimum absolute atomic E-state index is 0.679. The van der Waals surface area contributed by atoms with Crippen molar-refractivity contribution in [1.82, 2.24) is 0 Å². The molecule has 0 aromatic rings. The second-order valence-electron chi connectivity index (χ2n) is 1.47. The Hall–Kier alpha value is -0.560. The van der Waals surface area contributed by atoms with Crippen molar-refractivity contribution in [3.63, 3.8) is 0 Å². The highest BCUT2D eigenvalue weighted by molar-refractivity contribution is 7.87. The third-order valence-electron chi connectivity index (χ3n) is 0.625. The predicted molar refractivity (Wildman–Crippen MR) is 31.1 cm³/mol. The molecule has 0 spiro atoms. The van der Waals surface area contributed by atoms with Crippen molar-refractivity contribution in [2.24, 2.45) is 0 Å². The predicted octanol–water partition coefficient (Wildman–Crippen LogP) is 1.04. The van der Waals surface area contributed by atoms with Crippen molar-refractivity contribution in [3.8, 4) is 0 Å². The van der Waals surface area contributed by atoms with Crippen LogP contribution in [0.3, 0.4) is 0 Å². The van der Waals surface area contributed by atoms with E-state index in [1.807, 2.05) is 0 Å². The summed E-state index contributed by atoms with van der Waals surface area (Å²) in [4.78, 5) is 0. The molecular weight excluding hydrogens is 185 g/mol. The lowest BCUT2D eigenvalue weighted by Crippen LogP contribution is -2.25. The van der Waals surface area contributed by atoms with Crippen LogP contribution < -0.4 is 0 Å². The SMILES string of the molecule is C=CCOS(=O)(=O)C(F)(F)F. The molecule has 0 heterocycles. The lowest BCUT2D eigenvalue weighted by Gasteiger charge is -2.05. The molecule has 0 aliphatic heterocycles. The Labute approximate surface area is 61.6 Å². The Kier molecular flexibility index (Phi) is 3.06. The molecule has 0 N–H and O–H groups in total. The maximum atomic E-state index is 11.4. The van der Waals surface area contributed by atoms with E-state index < -0.39 is 22.2 Å². The average Bonchev–Trinajstić information content (AvgIpc) is 1.81. The summed E-state index contributed by atoms with van der Waals surface area (Å²) in [6, 6.07) is 0. The van der Waals surface area contributed by atoms with Crippen molar-refractivity contribution in [3.05, 3.63) is 12.7 Å². The van der Waals surface area contributed by atoms with Crippen LogP contribution >= 0.6 is 0 Å². The molecule has 0 aromatic carbocycles. The van der Waals surface area contributed by atoms with E-state index >= 15 is 0 Å². The number of halogens is 3. The highest BCUT2D eigenvalue weighted by Gasteiger charge is 2.47. The average molecular weight is 190 g/mol. The van der Waals surface area contributed by atoms with Crippen LogP contribution in [0.25, 0.3) is 0 Å². The van der Waals surface area contributed by atoms with Crippen molar-refractivity contribution in [2.75, 3.05) is 6.61 Å². The molecule has 0 aliphatic rings. The highest BCUT2D eigenvalue weighted by atomic mass is 32.2. The second kappa shape index (κ2) is 3.22. The van der Waals surface area contributed by atoms with E-state index in [4.69, 9.17) is 0 Å². The fourth-order valence-corrected chi connectivity index (χ4v) is 0.614. The molecule has 0 bridgehead atoms. The summed E-state index contributed by atoms with van der Waals surface area (Å²) in [6.07, 6.45) is 0.906. The standard InChI is InChI=1S/C4H5F3O3S/c1-2-3-10-11(8,9)4(5,6)7/h2H,1,3H2. The first kappa shape index (κ1) is 10.4. The first-order chi connectivity index (χ1) is 4.81. The first-order valence-corrected chi connectivity index (χ1v) is 3.78. The first-order valence-electron chi connectivity index (χ1n) is 2.38. The summed E-state index contributed by atoms with van der Waals surface area (Å²) in [5, 5.41) is 0. The van der Waals surface area contributed by atoms with Gasteiger partial charge in [0.1, 0.15) is 0 Å². The summed E-state index contributed by atoms with van der Waals surface area (Å²) in [7, 11) is -5.43. The molecular formula is C4H5F3O3S. The minimum atomic E-state index is -5.43. The molecule has 0 aromatic heterocycles. The highest BCUT2D eigenvalue weighted by Crippen LogP contribution is 2.24. The van der Waals surface area contributed by atoms with E-state index in [2.05, 4.69) is 10.8 Å². The van der Waals surface area contributed by atoms with Crippen LogP contribution in [0.5, 0.6) is 0 Å². The number of hydrogen-bond donors (Lipinski definition) is 0. The topological polar surface area (TPSA) is 43.4 Å². The van der Waals surface area contributed by atoms with Crippen LogP contribution in [0.15, 0.2) is 12.7 Å². The summed E-state index contributed by atoms with van der Waals surface area (Å²) in [5.41, 5.74) is -5.35. The Balaban J connectivity index is 4.37. The molecule has 0 unspecified atom stereocenters. The lowest BCUT2D eigenvalue weighted by atomic mass is 10.7. The van der Waals surface area contributed by atoms with E-state index in [1.54, 1.807) is 0 Å². The maximum Gasteiger partial charge on any atom is 0.523 e.